The zero-order valence-electron chi connectivity index (χ0n) is 24.1. The van der Waals surface area contributed by atoms with E-state index in [0.29, 0.717) is 25.3 Å². The van der Waals surface area contributed by atoms with E-state index in [1.54, 1.807) is 18.7 Å². The van der Waals surface area contributed by atoms with Gasteiger partial charge >= 0.3 is 6.18 Å². The molecule has 4 aliphatic rings. The lowest BCUT2D eigenvalue weighted by Gasteiger charge is -2.47. The Balaban J connectivity index is 1.53. The first-order valence-corrected chi connectivity index (χ1v) is 14.4. The van der Waals surface area contributed by atoms with Gasteiger partial charge in [-0.3, -0.25) is 0 Å². The fourth-order valence-corrected chi connectivity index (χ4v) is 7.34. The zero-order chi connectivity index (χ0) is 30.7. The minimum atomic E-state index is -5.04. The van der Waals surface area contributed by atoms with Crippen LogP contribution in [0.5, 0.6) is 5.88 Å². The van der Waals surface area contributed by atoms with E-state index in [-0.39, 0.29) is 46.9 Å². The SMILES string of the molecule is Cc1c(F)c(N)cc(-c2nc3c4c(nc(N5CCC5C(C)(C)O)nc4c2F)N2C[C@H]4CC[C@H](N4)[C@H]2[C@H](C)O3)c1C(F)(F)F. The molecule has 0 aliphatic carbocycles. The van der Waals surface area contributed by atoms with E-state index >= 15 is 4.39 Å². The van der Waals surface area contributed by atoms with Crippen LogP contribution in [0.1, 0.15) is 51.2 Å². The molecule has 3 fully saturated rings. The van der Waals surface area contributed by atoms with Crippen LogP contribution in [0.3, 0.4) is 0 Å². The molecule has 43 heavy (non-hydrogen) atoms. The number of rotatable bonds is 3. The van der Waals surface area contributed by atoms with E-state index in [2.05, 4.69) is 20.2 Å². The normalized spacial score (nSPS) is 26.7. The van der Waals surface area contributed by atoms with E-state index < -0.39 is 57.6 Å². The van der Waals surface area contributed by atoms with E-state index in [1.165, 1.54) is 0 Å². The number of piperazine rings is 1. The Morgan fingerprint density at radius 1 is 1.07 bits per heavy atom. The Morgan fingerprint density at radius 3 is 2.47 bits per heavy atom. The number of hydrogen-bond acceptors (Lipinski definition) is 9. The second-order valence-electron chi connectivity index (χ2n) is 12.6. The van der Waals surface area contributed by atoms with Gasteiger partial charge in [0.2, 0.25) is 11.8 Å². The van der Waals surface area contributed by atoms with Crippen LogP contribution in [0.2, 0.25) is 0 Å². The summed E-state index contributed by atoms with van der Waals surface area (Å²) in [5, 5.41) is 14.5. The molecule has 0 amide bonds. The maximum atomic E-state index is 16.7. The van der Waals surface area contributed by atoms with Crippen molar-refractivity contribution in [1.82, 2.24) is 20.3 Å². The number of alkyl halides is 3. The van der Waals surface area contributed by atoms with Crippen LogP contribution in [0, 0.1) is 18.6 Å². The summed E-state index contributed by atoms with van der Waals surface area (Å²) < 4.78 is 80.7. The second-order valence-corrected chi connectivity index (χ2v) is 12.6. The molecule has 0 radical (unpaired) electrons. The molecule has 2 aromatic heterocycles. The highest BCUT2D eigenvalue weighted by Gasteiger charge is 2.48. The number of nitrogens with one attached hydrogen (secondary N) is 1. The quantitative estimate of drug-likeness (QED) is 0.297. The van der Waals surface area contributed by atoms with Gasteiger partial charge in [-0.05, 0) is 58.6 Å². The maximum Gasteiger partial charge on any atom is 0.417 e. The maximum absolute atomic E-state index is 16.7. The molecule has 7 rings (SSSR count). The molecule has 1 unspecified atom stereocenters. The van der Waals surface area contributed by atoms with E-state index in [4.69, 9.17) is 15.5 Å². The standard InChI is InChI=1S/C29H32F5N7O2/c1-11-19(29(32,33)34)14(9-15(35)20(11)30)22-21(31)23-18-25(39-27(38-23)40-8-7-17(40)28(3,4)42)41-10-13-5-6-16(36-13)24(41)12(2)43-26(18)37-22/h9,12-13,16-17,24,36,42H,5-8,10,35H2,1-4H3/t12-,13+,16-,17?,24+/m0/s1. The highest BCUT2D eigenvalue weighted by Crippen LogP contribution is 2.48. The first-order valence-electron chi connectivity index (χ1n) is 14.4. The fourth-order valence-electron chi connectivity index (χ4n) is 7.34. The lowest BCUT2D eigenvalue weighted by atomic mass is 9.88. The summed E-state index contributed by atoms with van der Waals surface area (Å²) in [5.74, 6) is -1.95. The molecule has 0 spiro atoms. The highest BCUT2D eigenvalue weighted by molar-refractivity contribution is 5.98. The molecule has 14 heteroatoms. The lowest BCUT2D eigenvalue weighted by molar-refractivity contribution is -0.137. The summed E-state index contributed by atoms with van der Waals surface area (Å²) in [6.07, 6.45) is -3.05. The Kier molecular flexibility index (Phi) is 6.07. The Labute approximate surface area is 244 Å². The fraction of sp³-hybridized carbons (Fsp3) is 0.552. The molecule has 230 valence electrons. The van der Waals surface area contributed by atoms with Crippen LogP contribution in [0.25, 0.3) is 22.2 Å². The summed E-state index contributed by atoms with van der Waals surface area (Å²) >= 11 is 0. The third-order valence-corrected chi connectivity index (χ3v) is 9.39. The minimum absolute atomic E-state index is 0.0466. The van der Waals surface area contributed by atoms with Crippen molar-refractivity contribution in [3.63, 3.8) is 0 Å². The van der Waals surface area contributed by atoms with Crippen molar-refractivity contribution in [2.75, 3.05) is 28.6 Å². The van der Waals surface area contributed by atoms with Gasteiger partial charge in [-0.2, -0.15) is 18.2 Å². The molecule has 4 N–H and O–H groups in total. The molecule has 3 aromatic rings. The van der Waals surface area contributed by atoms with Gasteiger partial charge in [-0.15, -0.1) is 0 Å². The number of aliphatic hydroxyl groups is 1. The number of fused-ring (bicyclic) bond motifs is 5. The Morgan fingerprint density at radius 2 is 1.81 bits per heavy atom. The number of aromatic nitrogens is 3. The van der Waals surface area contributed by atoms with Crippen molar-refractivity contribution in [3.8, 4) is 17.1 Å². The summed E-state index contributed by atoms with van der Waals surface area (Å²) in [7, 11) is 0. The highest BCUT2D eigenvalue weighted by atomic mass is 19.4. The summed E-state index contributed by atoms with van der Waals surface area (Å²) in [6.45, 7) is 7.19. The van der Waals surface area contributed by atoms with Gasteiger partial charge in [0, 0.05) is 30.7 Å². The third-order valence-electron chi connectivity index (χ3n) is 9.39. The molecule has 0 saturated carbocycles. The smallest absolute Gasteiger partial charge is 0.417 e. The first kappa shape index (κ1) is 28.3. The van der Waals surface area contributed by atoms with Gasteiger partial charge in [0.05, 0.1) is 28.9 Å². The van der Waals surface area contributed by atoms with Crippen molar-refractivity contribution >= 4 is 28.4 Å². The third kappa shape index (κ3) is 4.20. The molecular weight excluding hydrogens is 573 g/mol. The lowest BCUT2D eigenvalue weighted by Crippen LogP contribution is -2.62. The molecule has 4 aliphatic heterocycles. The number of nitrogens with two attached hydrogens (primary N) is 1. The number of ether oxygens (including phenoxy) is 1. The molecule has 9 nitrogen and oxygen atoms in total. The summed E-state index contributed by atoms with van der Waals surface area (Å²) in [4.78, 5) is 17.6. The Hall–Kier alpha value is -3.52. The van der Waals surface area contributed by atoms with Crippen LogP contribution in [-0.2, 0) is 6.18 Å². The van der Waals surface area contributed by atoms with Gasteiger partial charge in [-0.25, -0.2) is 18.7 Å². The van der Waals surface area contributed by atoms with Crippen LogP contribution in [0.4, 0.5) is 39.4 Å². The van der Waals surface area contributed by atoms with Crippen molar-refractivity contribution < 1.29 is 31.8 Å². The van der Waals surface area contributed by atoms with Crippen molar-refractivity contribution in [2.45, 2.75) is 89.0 Å². The average molecular weight is 606 g/mol. The monoisotopic (exact) mass is 605 g/mol. The van der Waals surface area contributed by atoms with Gasteiger partial charge in [0.25, 0.3) is 0 Å². The number of hydrogen-bond donors (Lipinski definition) is 3. The van der Waals surface area contributed by atoms with E-state index in [9.17, 15) is 22.7 Å². The number of nitrogen functional groups attached to an aromatic ring is 1. The number of pyridine rings is 1. The topological polar surface area (TPSA) is 113 Å². The van der Waals surface area contributed by atoms with Gasteiger partial charge in [0.1, 0.15) is 34.3 Å². The van der Waals surface area contributed by atoms with Crippen molar-refractivity contribution in [1.29, 1.82) is 0 Å². The van der Waals surface area contributed by atoms with E-state index in [0.717, 1.165) is 25.8 Å². The van der Waals surface area contributed by atoms with Gasteiger partial charge in [-0.1, -0.05) is 0 Å². The number of anilines is 3. The van der Waals surface area contributed by atoms with Crippen LogP contribution in [-0.4, -0.2) is 69.0 Å². The molecule has 6 heterocycles. The summed E-state index contributed by atoms with van der Waals surface area (Å²) in [5.41, 5.74) is 0.248. The zero-order valence-corrected chi connectivity index (χ0v) is 24.1. The van der Waals surface area contributed by atoms with Crippen molar-refractivity contribution in [2.24, 2.45) is 0 Å². The average Bonchev–Trinajstić information content (AvgIpc) is 3.20. The molecule has 3 saturated heterocycles. The molecule has 5 atom stereocenters. The minimum Gasteiger partial charge on any atom is -0.472 e. The van der Waals surface area contributed by atoms with Gasteiger partial charge in [0.15, 0.2) is 5.82 Å². The molecular formula is C29H32F5N7O2. The van der Waals surface area contributed by atoms with Gasteiger partial charge < -0.3 is 30.7 Å². The molecule has 1 aromatic carbocycles. The predicted octanol–water partition coefficient (Wildman–Crippen LogP) is 4.32. The van der Waals surface area contributed by atoms with Crippen LogP contribution >= 0.6 is 0 Å². The summed E-state index contributed by atoms with van der Waals surface area (Å²) in [6, 6.07) is 0.401. The van der Waals surface area contributed by atoms with E-state index in [1.807, 2.05) is 6.92 Å². The predicted molar refractivity (Wildman–Crippen MR) is 150 cm³/mol. The second kappa shape index (κ2) is 9.24. The van der Waals surface area contributed by atoms with Crippen molar-refractivity contribution in [3.05, 3.63) is 28.8 Å². The number of nitrogens with zero attached hydrogens (tertiary/aromatic N) is 5. The number of halogens is 5. The molecule has 2 bridgehead atoms. The number of benzene rings is 1. The Bertz CT molecular complexity index is 1660. The van der Waals surface area contributed by atoms with Crippen LogP contribution < -0.4 is 25.6 Å². The van der Waals surface area contributed by atoms with Crippen LogP contribution in [0.15, 0.2) is 6.07 Å². The first-order chi connectivity index (χ1) is 20.1. The largest absolute Gasteiger partial charge is 0.472 e.